The third-order valence-corrected chi connectivity index (χ3v) is 7.57. The number of oxazole rings is 1. The summed E-state index contributed by atoms with van der Waals surface area (Å²) in [6.07, 6.45) is 2.85. The van der Waals surface area contributed by atoms with Crippen molar-refractivity contribution in [2.75, 3.05) is 30.3 Å². The fraction of sp³-hybridized carbons (Fsp3) is 0.412. The Morgan fingerprint density at radius 3 is 2.78 bits per heavy atom. The highest BCUT2D eigenvalue weighted by atomic mass is 32.2. The molecule has 2 atom stereocenters. The summed E-state index contributed by atoms with van der Waals surface area (Å²) in [6.45, 7) is 1.13. The SMILES string of the molecule is O=S(=O)(CCO)c1ccc(-c2nccs2)c2oc(N3CC4CC(C3)N4)nc12. The number of sulfone groups is 1. The lowest BCUT2D eigenvalue weighted by Crippen LogP contribution is -2.67. The Bertz CT molecular complexity index is 1080. The number of piperidine rings is 1. The Hall–Kier alpha value is -2.01. The first kappa shape index (κ1) is 17.1. The summed E-state index contributed by atoms with van der Waals surface area (Å²) >= 11 is 1.45. The Balaban J connectivity index is 1.67. The summed E-state index contributed by atoms with van der Waals surface area (Å²) in [7, 11) is -3.66. The van der Waals surface area contributed by atoms with E-state index in [4.69, 9.17) is 9.52 Å². The second-order valence-corrected chi connectivity index (χ2v) is 9.84. The number of hydrogen-bond acceptors (Lipinski definition) is 9. The van der Waals surface area contributed by atoms with Gasteiger partial charge in [-0.25, -0.2) is 13.4 Å². The van der Waals surface area contributed by atoms with Gasteiger partial charge in [0.15, 0.2) is 15.4 Å². The highest BCUT2D eigenvalue weighted by molar-refractivity contribution is 7.91. The van der Waals surface area contributed by atoms with Gasteiger partial charge in [-0.1, -0.05) is 0 Å². The Kier molecular flexibility index (Phi) is 3.97. The summed E-state index contributed by atoms with van der Waals surface area (Å²) < 4.78 is 31.3. The van der Waals surface area contributed by atoms with Crippen molar-refractivity contribution >= 4 is 38.3 Å². The van der Waals surface area contributed by atoms with Crippen LogP contribution in [-0.2, 0) is 9.84 Å². The van der Waals surface area contributed by atoms with Gasteiger partial charge < -0.3 is 19.7 Å². The van der Waals surface area contributed by atoms with E-state index in [0.29, 0.717) is 29.2 Å². The van der Waals surface area contributed by atoms with Crippen molar-refractivity contribution in [1.29, 1.82) is 0 Å². The van der Waals surface area contributed by atoms with Crippen LogP contribution in [0.2, 0.25) is 0 Å². The normalized spacial score (nSPS) is 22.2. The van der Waals surface area contributed by atoms with E-state index >= 15 is 0 Å². The van der Waals surface area contributed by atoms with Crippen LogP contribution in [0.15, 0.2) is 33.0 Å². The van der Waals surface area contributed by atoms with Crippen molar-refractivity contribution in [1.82, 2.24) is 15.3 Å². The van der Waals surface area contributed by atoms with Gasteiger partial charge in [-0.2, -0.15) is 4.98 Å². The molecule has 2 unspecified atom stereocenters. The molecule has 1 aromatic carbocycles. The first-order valence-electron chi connectivity index (χ1n) is 8.73. The molecule has 0 aliphatic carbocycles. The summed E-state index contributed by atoms with van der Waals surface area (Å²) in [5, 5.41) is 15.2. The van der Waals surface area contributed by atoms with Crippen LogP contribution in [0.1, 0.15) is 6.42 Å². The van der Waals surface area contributed by atoms with Crippen LogP contribution in [0.4, 0.5) is 6.01 Å². The van der Waals surface area contributed by atoms with Crippen LogP contribution in [0.3, 0.4) is 0 Å². The molecule has 0 amide bonds. The standard InChI is InChI=1S/C17H18N4O4S2/c22-4-6-27(23,24)13-2-1-12(16-18-3-5-26-16)15-14(13)20-17(25-15)21-8-10-7-11(9-21)19-10/h1-3,5,10-11,19,22H,4,6-9H2. The molecule has 2 aromatic heterocycles. The smallest absolute Gasteiger partial charge is 0.298 e. The van der Waals surface area contributed by atoms with Crippen molar-refractivity contribution in [3.8, 4) is 10.6 Å². The zero-order chi connectivity index (χ0) is 18.6. The highest BCUT2D eigenvalue weighted by Gasteiger charge is 2.38. The molecule has 0 radical (unpaired) electrons. The van der Waals surface area contributed by atoms with Gasteiger partial charge in [-0.3, -0.25) is 0 Å². The summed E-state index contributed by atoms with van der Waals surface area (Å²) in [4.78, 5) is 11.0. The van der Waals surface area contributed by atoms with Gasteiger partial charge in [0.1, 0.15) is 10.5 Å². The number of aromatic nitrogens is 2. The minimum Gasteiger partial charge on any atom is -0.423 e. The lowest BCUT2D eigenvalue weighted by molar-refractivity contribution is 0.220. The van der Waals surface area contributed by atoms with E-state index in [-0.39, 0.29) is 10.6 Å². The van der Waals surface area contributed by atoms with Crippen LogP contribution in [0.5, 0.6) is 0 Å². The van der Waals surface area contributed by atoms with Gasteiger partial charge in [0, 0.05) is 36.8 Å². The predicted molar refractivity (Wildman–Crippen MR) is 102 cm³/mol. The largest absolute Gasteiger partial charge is 0.423 e. The van der Waals surface area contributed by atoms with E-state index in [9.17, 15) is 8.42 Å². The maximum Gasteiger partial charge on any atom is 0.298 e. The highest BCUT2D eigenvalue weighted by Crippen LogP contribution is 2.37. The van der Waals surface area contributed by atoms with E-state index in [0.717, 1.165) is 30.1 Å². The number of hydrogen-bond donors (Lipinski definition) is 2. The summed E-state index contributed by atoms with van der Waals surface area (Å²) in [6, 6.07) is 4.52. The van der Waals surface area contributed by atoms with Crippen LogP contribution in [-0.4, -0.2) is 61.0 Å². The molecule has 3 aliphatic heterocycles. The van der Waals surface area contributed by atoms with Crippen molar-refractivity contribution in [2.24, 2.45) is 0 Å². The Morgan fingerprint density at radius 2 is 2.11 bits per heavy atom. The molecule has 5 heterocycles. The van der Waals surface area contributed by atoms with Crippen LogP contribution in [0.25, 0.3) is 21.7 Å². The van der Waals surface area contributed by atoms with E-state index in [2.05, 4.69) is 20.2 Å². The summed E-state index contributed by atoms with van der Waals surface area (Å²) in [5.74, 6) is -0.349. The van der Waals surface area contributed by atoms with Gasteiger partial charge in [-0.05, 0) is 18.6 Å². The van der Waals surface area contributed by atoms with Gasteiger partial charge in [0.2, 0.25) is 0 Å². The molecule has 8 nitrogen and oxygen atoms in total. The molecule has 6 rings (SSSR count). The van der Waals surface area contributed by atoms with Crippen LogP contribution >= 0.6 is 11.3 Å². The molecule has 2 N–H and O–H groups in total. The first-order valence-corrected chi connectivity index (χ1v) is 11.3. The Labute approximate surface area is 159 Å². The molecule has 3 saturated heterocycles. The number of benzene rings is 1. The van der Waals surface area contributed by atoms with Gasteiger partial charge in [-0.15, -0.1) is 11.3 Å². The fourth-order valence-electron chi connectivity index (χ4n) is 3.78. The van der Waals surface area contributed by atoms with E-state index in [1.165, 1.54) is 17.4 Å². The number of nitrogens with zero attached hydrogens (tertiary/aromatic N) is 3. The minimum atomic E-state index is -3.66. The van der Waals surface area contributed by atoms with Crippen molar-refractivity contribution in [2.45, 2.75) is 23.4 Å². The molecule has 3 fully saturated rings. The summed E-state index contributed by atoms with van der Waals surface area (Å²) in [5.41, 5.74) is 1.45. The molecule has 142 valence electrons. The van der Waals surface area contributed by atoms with E-state index < -0.39 is 16.4 Å². The second kappa shape index (κ2) is 6.26. The Morgan fingerprint density at radius 1 is 1.33 bits per heavy atom. The molecular formula is C17H18N4O4S2. The molecule has 27 heavy (non-hydrogen) atoms. The number of rotatable bonds is 5. The van der Waals surface area contributed by atoms with Crippen molar-refractivity contribution in [3.63, 3.8) is 0 Å². The minimum absolute atomic E-state index is 0.0853. The molecule has 3 aromatic rings. The maximum absolute atomic E-state index is 12.6. The number of piperazine rings is 1. The molecule has 3 aliphatic rings. The average molecular weight is 406 g/mol. The van der Waals surface area contributed by atoms with Crippen LogP contribution in [0, 0.1) is 0 Å². The topological polar surface area (TPSA) is 109 Å². The lowest BCUT2D eigenvalue weighted by Gasteiger charge is -2.47. The van der Waals surface area contributed by atoms with Gasteiger partial charge in [0.05, 0.1) is 22.8 Å². The number of aliphatic hydroxyl groups is 1. The molecular weight excluding hydrogens is 388 g/mol. The third-order valence-electron chi connectivity index (χ3n) is 5.05. The van der Waals surface area contributed by atoms with Crippen LogP contribution < -0.4 is 10.2 Å². The van der Waals surface area contributed by atoms with Gasteiger partial charge >= 0.3 is 0 Å². The number of anilines is 1. The first-order chi connectivity index (χ1) is 13.0. The van der Waals surface area contributed by atoms with E-state index in [1.54, 1.807) is 12.3 Å². The maximum atomic E-state index is 12.6. The predicted octanol–water partition coefficient (Wildman–Crippen LogP) is 1.27. The number of aliphatic hydroxyl groups excluding tert-OH is 1. The molecule has 0 spiro atoms. The van der Waals surface area contributed by atoms with Crippen molar-refractivity contribution in [3.05, 3.63) is 23.7 Å². The molecule has 0 saturated carbocycles. The molecule has 2 bridgehead atoms. The number of nitrogens with one attached hydrogen (secondary N) is 1. The average Bonchev–Trinajstić information content (AvgIpc) is 3.30. The zero-order valence-electron chi connectivity index (χ0n) is 14.3. The second-order valence-electron chi connectivity index (χ2n) is 6.87. The monoisotopic (exact) mass is 406 g/mol. The zero-order valence-corrected chi connectivity index (χ0v) is 16.0. The molecule has 10 heteroatoms. The number of thiazole rings is 1. The quantitative estimate of drug-likeness (QED) is 0.652. The van der Waals surface area contributed by atoms with Crippen molar-refractivity contribution < 1.29 is 17.9 Å². The third kappa shape index (κ3) is 2.83. The van der Waals surface area contributed by atoms with Gasteiger partial charge in [0.25, 0.3) is 6.01 Å². The van der Waals surface area contributed by atoms with E-state index in [1.807, 2.05) is 5.38 Å². The number of fused-ring (bicyclic) bond motifs is 3. The lowest BCUT2D eigenvalue weighted by atomic mass is 9.92. The fourth-order valence-corrected chi connectivity index (χ4v) is 5.61.